The molecule has 0 saturated heterocycles. The molecule has 1 saturated carbocycles. The first kappa shape index (κ1) is 18.6. The van der Waals surface area contributed by atoms with E-state index in [-0.39, 0.29) is 12.3 Å². The Bertz CT molecular complexity index is 1030. The molecule has 4 rings (SSSR count). The SMILES string of the molecule is CN(c1ccc(CC(=O)Nc2ccn(Cc3ccc(C#N)cn3)n2)cn1)C1CC1. The molecule has 8 heteroatoms. The molecule has 0 radical (unpaired) electrons. The summed E-state index contributed by atoms with van der Waals surface area (Å²) in [5.41, 5.74) is 2.16. The highest BCUT2D eigenvalue weighted by Crippen LogP contribution is 2.28. The number of nitrogens with one attached hydrogen (secondary N) is 1. The van der Waals surface area contributed by atoms with Gasteiger partial charge >= 0.3 is 0 Å². The molecule has 1 fully saturated rings. The fourth-order valence-corrected chi connectivity index (χ4v) is 3.02. The number of anilines is 2. The van der Waals surface area contributed by atoms with Gasteiger partial charge in [-0.05, 0) is 36.6 Å². The second-order valence-electron chi connectivity index (χ2n) is 7.14. The molecule has 0 unspecified atom stereocenters. The van der Waals surface area contributed by atoms with Crippen LogP contribution in [0.25, 0.3) is 0 Å². The lowest BCUT2D eigenvalue weighted by Crippen LogP contribution is -2.20. The molecule has 0 atom stereocenters. The summed E-state index contributed by atoms with van der Waals surface area (Å²) in [7, 11) is 2.05. The zero-order valence-electron chi connectivity index (χ0n) is 16.1. The van der Waals surface area contributed by atoms with Gasteiger partial charge in [0.1, 0.15) is 11.9 Å². The molecule has 1 N–H and O–H groups in total. The zero-order chi connectivity index (χ0) is 20.2. The second-order valence-corrected chi connectivity index (χ2v) is 7.14. The first-order valence-electron chi connectivity index (χ1n) is 9.47. The summed E-state index contributed by atoms with van der Waals surface area (Å²) in [5, 5.41) is 16.0. The van der Waals surface area contributed by atoms with E-state index in [2.05, 4.69) is 32.3 Å². The quantitative estimate of drug-likeness (QED) is 0.668. The molecule has 3 aromatic rings. The van der Waals surface area contributed by atoms with Gasteiger partial charge in [0.15, 0.2) is 5.82 Å². The van der Waals surface area contributed by atoms with E-state index in [1.807, 2.05) is 18.2 Å². The van der Waals surface area contributed by atoms with Crippen molar-refractivity contribution < 1.29 is 4.79 Å². The second kappa shape index (κ2) is 8.10. The normalized spacial score (nSPS) is 13.0. The molecule has 1 aliphatic carbocycles. The molecule has 1 amide bonds. The summed E-state index contributed by atoms with van der Waals surface area (Å²) in [5.74, 6) is 1.28. The fraction of sp³-hybridized carbons (Fsp3) is 0.286. The predicted octanol–water partition coefficient (Wildman–Crippen LogP) is 2.37. The van der Waals surface area contributed by atoms with Crippen molar-refractivity contribution >= 4 is 17.5 Å². The van der Waals surface area contributed by atoms with Crippen LogP contribution in [0.3, 0.4) is 0 Å². The van der Waals surface area contributed by atoms with Gasteiger partial charge in [-0.3, -0.25) is 14.5 Å². The molecule has 29 heavy (non-hydrogen) atoms. The van der Waals surface area contributed by atoms with Crippen LogP contribution < -0.4 is 10.2 Å². The minimum atomic E-state index is -0.142. The lowest BCUT2D eigenvalue weighted by Gasteiger charge is -2.17. The summed E-state index contributed by atoms with van der Waals surface area (Å²) < 4.78 is 1.69. The molecule has 1 aliphatic rings. The van der Waals surface area contributed by atoms with Crippen LogP contribution in [0.15, 0.2) is 48.9 Å². The van der Waals surface area contributed by atoms with Gasteiger partial charge in [0.05, 0.1) is 24.2 Å². The van der Waals surface area contributed by atoms with Crippen molar-refractivity contribution in [2.45, 2.75) is 31.8 Å². The smallest absolute Gasteiger partial charge is 0.230 e. The summed E-state index contributed by atoms with van der Waals surface area (Å²) in [6.07, 6.45) is 7.74. The summed E-state index contributed by atoms with van der Waals surface area (Å²) >= 11 is 0. The lowest BCUT2D eigenvalue weighted by molar-refractivity contribution is -0.115. The van der Waals surface area contributed by atoms with Crippen LogP contribution in [0, 0.1) is 11.3 Å². The van der Waals surface area contributed by atoms with Crippen LogP contribution in [0.5, 0.6) is 0 Å². The maximum absolute atomic E-state index is 12.3. The number of rotatable bonds is 7. The summed E-state index contributed by atoms with van der Waals surface area (Å²) in [6.45, 7) is 0.460. The van der Waals surface area contributed by atoms with Gasteiger partial charge in [0.2, 0.25) is 5.91 Å². The van der Waals surface area contributed by atoms with Crippen molar-refractivity contribution in [1.82, 2.24) is 19.7 Å². The Morgan fingerprint density at radius 2 is 2.10 bits per heavy atom. The Morgan fingerprint density at radius 3 is 2.76 bits per heavy atom. The highest BCUT2D eigenvalue weighted by atomic mass is 16.1. The minimum absolute atomic E-state index is 0.142. The lowest BCUT2D eigenvalue weighted by atomic mass is 10.2. The number of nitriles is 1. The van der Waals surface area contributed by atoms with Crippen LogP contribution in [0.4, 0.5) is 11.6 Å². The molecule has 0 bridgehead atoms. The van der Waals surface area contributed by atoms with Crippen molar-refractivity contribution in [2.75, 3.05) is 17.3 Å². The first-order chi connectivity index (χ1) is 14.1. The Balaban J connectivity index is 1.31. The van der Waals surface area contributed by atoms with Gasteiger partial charge in [-0.1, -0.05) is 6.07 Å². The molecule has 0 aromatic carbocycles. The van der Waals surface area contributed by atoms with Crippen molar-refractivity contribution in [1.29, 1.82) is 5.26 Å². The van der Waals surface area contributed by atoms with Crippen LogP contribution in [-0.2, 0) is 17.8 Å². The number of carbonyl (C=O) groups excluding carboxylic acids is 1. The highest BCUT2D eigenvalue weighted by Gasteiger charge is 2.26. The molecule has 0 spiro atoms. The van der Waals surface area contributed by atoms with Gasteiger partial charge in [-0.15, -0.1) is 0 Å². The standard InChI is InChI=1S/C21H21N7O/c1-27(18-5-6-18)20-7-3-15(12-24-20)10-21(29)25-19-8-9-28(26-19)14-17-4-2-16(11-22)13-23-17/h2-4,7-9,12-13,18H,5-6,10,14H2,1H3,(H,25,26,29). The zero-order valence-corrected chi connectivity index (χ0v) is 16.1. The molecule has 3 heterocycles. The maximum atomic E-state index is 12.3. The Kier molecular flexibility index (Phi) is 5.20. The van der Waals surface area contributed by atoms with Crippen LogP contribution in [0.2, 0.25) is 0 Å². The van der Waals surface area contributed by atoms with E-state index in [0.717, 1.165) is 17.1 Å². The highest BCUT2D eigenvalue weighted by molar-refractivity contribution is 5.91. The topological polar surface area (TPSA) is 99.7 Å². The van der Waals surface area contributed by atoms with E-state index in [4.69, 9.17) is 5.26 Å². The van der Waals surface area contributed by atoms with E-state index in [1.54, 1.807) is 35.3 Å². The molecule has 8 nitrogen and oxygen atoms in total. The monoisotopic (exact) mass is 387 g/mol. The Labute approximate surface area is 168 Å². The van der Waals surface area contributed by atoms with Crippen LogP contribution in [-0.4, -0.2) is 38.7 Å². The average molecular weight is 387 g/mol. The maximum Gasteiger partial charge on any atom is 0.230 e. The third-order valence-corrected chi connectivity index (χ3v) is 4.82. The van der Waals surface area contributed by atoms with Crippen LogP contribution >= 0.6 is 0 Å². The molecular weight excluding hydrogens is 366 g/mol. The molecule has 3 aromatic heterocycles. The minimum Gasteiger partial charge on any atom is -0.357 e. The predicted molar refractivity (Wildman–Crippen MR) is 108 cm³/mol. The van der Waals surface area contributed by atoms with Gasteiger partial charge in [0.25, 0.3) is 0 Å². The molecule has 146 valence electrons. The van der Waals surface area contributed by atoms with E-state index >= 15 is 0 Å². The number of hydrogen-bond donors (Lipinski definition) is 1. The third kappa shape index (κ3) is 4.76. The number of nitrogens with zero attached hydrogens (tertiary/aromatic N) is 6. The third-order valence-electron chi connectivity index (χ3n) is 4.82. The van der Waals surface area contributed by atoms with Crippen molar-refractivity contribution in [3.05, 3.63) is 65.7 Å². The van der Waals surface area contributed by atoms with Crippen molar-refractivity contribution in [2.24, 2.45) is 0 Å². The largest absolute Gasteiger partial charge is 0.357 e. The molecule has 0 aliphatic heterocycles. The average Bonchev–Trinajstić information content (AvgIpc) is 3.50. The van der Waals surface area contributed by atoms with E-state index in [9.17, 15) is 4.79 Å². The number of hydrogen-bond acceptors (Lipinski definition) is 6. The Morgan fingerprint density at radius 1 is 1.24 bits per heavy atom. The first-order valence-corrected chi connectivity index (χ1v) is 9.47. The van der Waals surface area contributed by atoms with Gasteiger partial charge in [-0.2, -0.15) is 10.4 Å². The summed E-state index contributed by atoms with van der Waals surface area (Å²) in [4.78, 5) is 23.2. The number of pyridine rings is 2. The number of carbonyl (C=O) groups is 1. The van der Waals surface area contributed by atoms with E-state index < -0.39 is 0 Å². The van der Waals surface area contributed by atoms with Gasteiger partial charge < -0.3 is 10.2 Å². The number of aromatic nitrogens is 4. The molecular formula is C21H21N7O. The van der Waals surface area contributed by atoms with E-state index in [0.29, 0.717) is 24.0 Å². The van der Waals surface area contributed by atoms with E-state index in [1.165, 1.54) is 19.0 Å². The van der Waals surface area contributed by atoms with Crippen molar-refractivity contribution in [3.63, 3.8) is 0 Å². The van der Waals surface area contributed by atoms with Crippen molar-refractivity contribution in [3.8, 4) is 6.07 Å². The van der Waals surface area contributed by atoms with Gasteiger partial charge in [-0.25, -0.2) is 4.98 Å². The summed E-state index contributed by atoms with van der Waals surface area (Å²) in [6, 6.07) is 11.8. The van der Waals surface area contributed by atoms with Crippen LogP contribution in [0.1, 0.15) is 29.7 Å². The number of amides is 1. The van der Waals surface area contributed by atoms with Gasteiger partial charge in [0, 0.05) is 37.7 Å². The Hall–Kier alpha value is -3.73. The fourth-order valence-electron chi connectivity index (χ4n) is 3.02.